The van der Waals surface area contributed by atoms with E-state index in [-0.39, 0.29) is 11.7 Å². The summed E-state index contributed by atoms with van der Waals surface area (Å²) in [7, 11) is 1.88. The van der Waals surface area contributed by atoms with Crippen molar-refractivity contribution in [3.05, 3.63) is 82.0 Å². The Labute approximate surface area is 185 Å². The predicted octanol–water partition coefficient (Wildman–Crippen LogP) is 5.06. The molecule has 4 aromatic rings. The van der Waals surface area contributed by atoms with Gasteiger partial charge in [-0.05, 0) is 35.5 Å². The van der Waals surface area contributed by atoms with Gasteiger partial charge < -0.3 is 4.57 Å². The Morgan fingerprint density at radius 2 is 2.13 bits per heavy atom. The van der Waals surface area contributed by atoms with Gasteiger partial charge in [0.05, 0.1) is 10.6 Å². The van der Waals surface area contributed by atoms with Crippen LogP contribution in [0.15, 0.2) is 65.3 Å². The van der Waals surface area contributed by atoms with E-state index in [1.807, 2.05) is 23.9 Å². The van der Waals surface area contributed by atoms with Crippen molar-refractivity contribution in [1.29, 1.82) is 0 Å². The molecule has 0 aliphatic carbocycles. The number of aromatic nitrogens is 4. The monoisotopic (exact) mass is 459 g/mol. The Hall–Kier alpha value is -2.75. The largest absolute Gasteiger partial charge is 0.329 e. The summed E-state index contributed by atoms with van der Waals surface area (Å²) in [6.07, 6.45) is 7.19. The van der Waals surface area contributed by atoms with Crippen molar-refractivity contribution in [2.24, 2.45) is 7.05 Å². The van der Waals surface area contributed by atoms with Crippen molar-refractivity contribution < 1.29 is 9.18 Å². The van der Waals surface area contributed by atoms with Crippen LogP contribution in [-0.2, 0) is 13.5 Å². The van der Waals surface area contributed by atoms with Crippen molar-refractivity contribution >= 4 is 45.7 Å². The van der Waals surface area contributed by atoms with Crippen molar-refractivity contribution in [1.82, 2.24) is 19.5 Å². The van der Waals surface area contributed by atoms with E-state index in [0.29, 0.717) is 27.2 Å². The molecule has 0 aliphatic rings. The van der Waals surface area contributed by atoms with Gasteiger partial charge in [-0.3, -0.25) is 10.1 Å². The number of aryl methyl sites for hydroxylation is 1. The maximum Gasteiger partial charge on any atom is 0.259 e. The number of amides is 1. The molecule has 0 saturated heterocycles. The molecule has 0 fully saturated rings. The number of hydrogen-bond acceptors (Lipinski definition) is 6. The number of halogens is 2. The molecule has 0 spiro atoms. The Kier molecular flexibility index (Phi) is 6.12. The topological polar surface area (TPSA) is 72.7 Å². The highest BCUT2D eigenvalue weighted by Crippen LogP contribution is 2.31. The first-order valence-corrected chi connectivity index (χ1v) is 10.8. The fourth-order valence-electron chi connectivity index (χ4n) is 2.63. The lowest BCUT2D eigenvalue weighted by Gasteiger charge is -2.06. The highest BCUT2D eigenvalue weighted by atomic mass is 35.5. The smallest absolute Gasteiger partial charge is 0.259 e. The summed E-state index contributed by atoms with van der Waals surface area (Å²) in [4.78, 5) is 26.2. The number of nitrogens with one attached hydrogen (secondary N) is 1. The van der Waals surface area contributed by atoms with Crippen LogP contribution in [0.4, 0.5) is 9.52 Å². The maximum absolute atomic E-state index is 13.3. The van der Waals surface area contributed by atoms with Crippen LogP contribution < -0.4 is 5.32 Å². The Morgan fingerprint density at radius 1 is 1.27 bits per heavy atom. The zero-order valence-electron chi connectivity index (χ0n) is 15.7. The molecule has 0 aliphatic heterocycles. The maximum atomic E-state index is 13.3. The van der Waals surface area contributed by atoms with Crippen LogP contribution in [0.25, 0.3) is 0 Å². The van der Waals surface area contributed by atoms with Crippen molar-refractivity contribution in [2.75, 3.05) is 5.32 Å². The Bertz CT molecular complexity index is 1210. The second kappa shape index (κ2) is 8.95. The van der Waals surface area contributed by atoms with Gasteiger partial charge in [0.1, 0.15) is 10.8 Å². The average molecular weight is 460 g/mol. The number of hydrogen-bond donors (Lipinski definition) is 1. The van der Waals surface area contributed by atoms with Gasteiger partial charge in [-0.25, -0.2) is 19.3 Å². The molecule has 3 heterocycles. The van der Waals surface area contributed by atoms with Crippen molar-refractivity contribution in [2.45, 2.75) is 16.6 Å². The first-order valence-electron chi connectivity index (χ1n) is 8.79. The molecule has 6 nitrogen and oxygen atoms in total. The molecule has 3 aromatic heterocycles. The average Bonchev–Trinajstić information content (AvgIpc) is 3.32. The predicted molar refractivity (Wildman–Crippen MR) is 116 cm³/mol. The molecular formula is C20H15ClFN5OS2. The van der Waals surface area contributed by atoms with Crippen molar-refractivity contribution in [3.63, 3.8) is 0 Å². The van der Waals surface area contributed by atoms with Gasteiger partial charge in [0.2, 0.25) is 0 Å². The number of nitrogens with zero attached hydrogens (tertiary/aromatic N) is 4. The molecule has 10 heteroatoms. The molecule has 0 saturated carbocycles. The minimum absolute atomic E-state index is 0.278. The normalized spacial score (nSPS) is 10.9. The molecule has 0 atom stereocenters. The van der Waals surface area contributed by atoms with Crippen LogP contribution in [0.2, 0.25) is 5.02 Å². The lowest BCUT2D eigenvalue weighted by Crippen LogP contribution is -2.12. The highest BCUT2D eigenvalue weighted by Gasteiger charge is 2.14. The van der Waals surface area contributed by atoms with Crippen LogP contribution >= 0.6 is 34.7 Å². The summed E-state index contributed by atoms with van der Waals surface area (Å²) in [6.45, 7) is 0. The molecule has 0 radical (unpaired) electrons. The van der Waals surface area contributed by atoms with Gasteiger partial charge in [0.15, 0.2) is 10.3 Å². The van der Waals surface area contributed by atoms with E-state index in [1.54, 1.807) is 24.5 Å². The first-order chi connectivity index (χ1) is 14.5. The third-order valence-electron chi connectivity index (χ3n) is 4.08. The molecule has 0 bridgehead atoms. The van der Waals surface area contributed by atoms with Gasteiger partial charge in [0, 0.05) is 43.1 Å². The summed E-state index contributed by atoms with van der Waals surface area (Å²) in [5.41, 5.74) is 1.17. The minimum atomic E-state index is -0.357. The van der Waals surface area contributed by atoms with E-state index in [1.165, 1.54) is 41.4 Å². The Balaban J connectivity index is 1.42. The van der Waals surface area contributed by atoms with E-state index >= 15 is 0 Å². The number of thiazole rings is 1. The zero-order chi connectivity index (χ0) is 21.1. The number of anilines is 1. The fraction of sp³-hybridized carbons (Fsp3) is 0.100. The van der Waals surface area contributed by atoms with Crippen LogP contribution in [0.1, 0.15) is 20.8 Å². The summed E-state index contributed by atoms with van der Waals surface area (Å²) in [5, 5.41) is 4.87. The summed E-state index contributed by atoms with van der Waals surface area (Å²) >= 11 is 8.96. The fourth-order valence-corrected chi connectivity index (χ4v) is 4.50. The summed E-state index contributed by atoms with van der Waals surface area (Å²) in [5.74, 6) is -0.635. The Morgan fingerprint density at radius 3 is 2.87 bits per heavy atom. The van der Waals surface area contributed by atoms with Crippen LogP contribution in [0.5, 0.6) is 0 Å². The van der Waals surface area contributed by atoms with Crippen LogP contribution in [-0.4, -0.2) is 25.4 Å². The van der Waals surface area contributed by atoms with Crippen molar-refractivity contribution in [3.8, 4) is 0 Å². The lowest BCUT2D eigenvalue weighted by molar-refractivity contribution is 0.102. The number of carbonyl (C=O) groups is 1. The molecule has 1 N–H and O–H groups in total. The van der Waals surface area contributed by atoms with E-state index in [0.717, 1.165) is 15.6 Å². The first kappa shape index (κ1) is 20.5. The lowest BCUT2D eigenvalue weighted by atomic mass is 10.1. The third-order valence-corrected chi connectivity index (χ3v) is 6.48. The number of pyridine rings is 1. The zero-order valence-corrected chi connectivity index (χ0v) is 18.1. The number of rotatable bonds is 6. The van der Waals surface area contributed by atoms with E-state index in [9.17, 15) is 9.18 Å². The molecule has 4 rings (SSSR count). The molecule has 0 unspecified atom stereocenters. The quantitative estimate of drug-likeness (QED) is 0.436. The molecular weight excluding hydrogens is 445 g/mol. The van der Waals surface area contributed by atoms with Gasteiger partial charge >= 0.3 is 0 Å². The van der Waals surface area contributed by atoms with E-state index in [4.69, 9.17) is 11.6 Å². The molecule has 1 aromatic carbocycles. The summed E-state index contributed by atoms with van der Waals surface area (Å²) < 4.78 is 15.2. The standard InChI is InChI=1S/C20H15ClFN5OS2/c1-27-6-5-23-20(27)30-18-16(21)9-13(10-24-18)17(28)26-19-25-11-15(29-19)8-12-3-2-4-14(22)7-12/h2-7,9-11H,8H2,1H3,(H,25,26,28). The highest BCUT2D eigenvalue weighted by molar-refractivity contribution is 7.99. The third kappa shape index (κ3) is 4.86. The number of carbonyl (C=O) groups excluding carboxylic acids is 1. The number of imidazole rings is 1. The number of benzene rings is 1. The second-order valence-corrected chi connectivity index (χ2v) is 8.80. The second-order valence-electron chi connectivity index (χ2n) is 6.33. The van der Waals surface area contributed by atoms with E-state index < -0.39 is 0 Å². The van der Waals surface area contributed by atoms with E-state index in [2.05, 4.69) is 20.3 Å². The van der Waals surface area contributed by atoms with Gasteiger partial charge in [0.25, 0.3) is 5.91 Å². The molecule has 30 heavy (non-hydrogen) atoms. The SMILES string of the molecule is Cn1ccnc1Sc1ncc(C(=O)Nc2ncc(Cc3cccc(F)c3)s2)cc1Cl. The van der Waals surface area contributed by atoms with Crippen LogP contribution in [0.3, 0.4) is 0 Å². The van der Waals surface area contributed by atoms with Crippen LogP contribution in [0, 0.1) is 5.82 Å². The van der Waals surface area contributed by atoms with Gasteiger partial charge in [-0.1, -0.05) is 23.7 Å². The molecule has 1 amide bonds. The van der Waals surface area contributed by atoms with Gasteiger partial charge in [-0.2, -0.15) is 0 Å². The summed E-state index contributed by atoms with van der Waals surface area (Å²) in [6, 6.07) is 7.97. The molecule has 152 valence electrons. The minimum Gasteiger partial charge on any atom is -0.329 e. The van der Waals surface area contributed by atoms with Gasteiger partial charge in [-0.15, -0.1) is 11.3 Å².